The maximum absolute atomic E-state index is 11.4. The first kappa shape index (κ1) is 15.3. The van der Waals surface area contributed by atoms with Crippen LogP contribution in [0, 0.1) is 5.92 Å². The number of ether oxygens (including phenoxy) is 1. The lowest BCUT2D eigenvalue weighted by Crippen LogP contribution is -2.34. The monoisotopic (exact) mass is 252 g/mol. The van der Waals surface area contributed by atoms with Crippen LogP contribution in [0.25, 0.3) is 0 Å². The van der Waals surface area contributed by atoms with Gasteiger partial charge in [-0.2, -0.15) is 0 Å². The van der Waals surface area contributed by atoms with Crippen molar-refractivity contribution in [3.8, 4) is 0 Å². The molecule has 2 N–H and O–H groups in total. The Hall–Kier alpha value is -0.660. The second-order valence-corrected chi connectivity index (χ2v) is 5.58. The average Bonchev–Trinajstić information content (AvgIpc) is 2.24. The van der Waals surface area contributed by atoms with E-state index < -0.39 is 16.0 Å². The minimum absolute atomic E-state index is 0.119. The van der Waals surface area contributed by atoms with Crippen LogP contribution in [0.5, 0.6) is 0 Å². The van der Waals surface area contributed by atoms with Crippen LogP contribution in [0.1, 0.15) is 13.3 Å². The van der Waals surface area contributed by atoms with Gasteiger partial charge in [-0.3, -0.25) is 4.79 Å². The molecule has 1 atom stereocenters. The van der Waals surface area contributed by atoms with E-state index in [0.29, 0.717) is 6.54 Å². The van der Waals surface area contributed by atoms with E-state index in [4.69, 9.17) is 0 Å². The number of hydrogen-bond donors (Lipinski definition) is 2. The standard InChI is InChI=1S/C9H20N2O4S/c1-8(6-10-2)7-11-16(13,14)5-4-9(12)15-3/h8,10-11H,4-7H2,1-3H3. The fourth-order valence-corrected chi connectivity index (χ4v) is 2.20. The molecule has 0 saturated heterocycles. The average molecular weight is 252 g/mol. The van der Waals surface area contributed by atoms with Crippen LogP contribution in [0.15, 0.2) is 0 Å². The highest BCUT2D eigenvalue weighted by molar-refractivity contribution is 7.89. The Morgan fingerprint density at radius 2 is 2.00 bits per heavy atom. The summed E-state index contributed by atoms with van der Waals surface area (Å²) in [6.45, 7) is 3.03. The summed E-state index contributed by atoms with van der Waals surface area (Å²) in [7, 11) is -0.337. The number of carbonyl (C=O) groups excluding carboxylic acids is 1. The number of esters is 1. The summed E-state index contributed by atoms with van der Waals surface area (Å²) < 4.78 is 29.7. The van der Waals surface area contributed by atoms with Crippen molar-refractivity contribution in [1.82, 2.24) is 10.0 Å². The van der Waals surface area contributed by atoms with Crippen LogP contribution in [0.3, 0.4) is 0 Å². The Morgan fingerprint density at radius 1 is 1.38 bits per heavy atom. The molecular weight excluding hydrogens is 232 g/mol. The molecule has 0 aliphatic carbocycles. The number of methoxy groups -OCH3 is 1. The maximum Gasteiger partial charge on any atom is 0.306 e. The lowest BCUT2D eigenvalue weighted by molar-refractivity contribution is -0.140. The van der Waals surface area contributed by atoms with Crippen LogP contribution in [-0.4, -0.2) is 47.4 Å². The van der Waals surface area contributed by atoms with Gasteiger partial charge in [0.05, 0.1) is 19.3 Å². The van der Waals surface area contributed by atoms with Crippen LogP contribution >= 0.6 is 0 Å². The van der Waals surface area contributed by atoms with E-state index in [1.54, 1.807) is 0 Å². The predicted octanol–water partition coefficient (Wildman–Crippen LogP) is -0.676. The minimum atomic E-state index is -3.38. The summed E-state index contributed by atoms with van der Waals surface area (Å²) in [5, 5.41) is 2.95. The van der Waals surface area contributed by atoms with Gasteiger partial charge in [-0.05, 0) is 19.5 Å². The van der Waals surface area contributed by atoms with Crippen molar-refractivity contribution in [2.75, 3.05) is 33.0 Å². The Bertz CT molecular complexity index is 303. The number of hydrogen-bond acceptors (Lipinski definition) is 5. The molecule has 0 heterocycles. The van der Waals surface area contributed by atoms with E-state index in [2.05, 4.69) is 14.8 Å². The van der Waals surface area contributed by atoms with Gasteiger partial charge in [0.25, 0.3) is 0 Å². The third kappa shape index (κ3) is 7.61. The number of carbonyl (C=O) groups is 1. The van der Waals surface area contributed by atoms with E-state index in [-0.39, 0.29) is 18.1 Å². The van der Waals surface area contributed by atoms with Crippen molar-refractivity contribution < 1.29 is 17.9 Å². The molecular formula is C9H20N2O4S. The Labute approximate surface area is 96.8 Å². The summed E-state index contributed by atoms with van der Waals surface area (Å²) >= 11 is 0. The molecule has 0 aromatic heterocycles. The van der Waals surface area contributed by atoms with Crippen LogP contribution in [-0.2, 0) is 19.6 Å². The number of nitrogens with one attached hydrogen (secondary N) is 2. The predicted molar refractivity (Wildman–Crippen MR) is 61.5 cm³/mol. The normalized spacial score (nSPS) is 13.4. The lowest BCUT2D eigenvalue weighted by atomic mass is 10.2. The third-order valence-corrected chi connectivity index (χ3v) is 3.35. The maximum atomic E-state index is 11.4. The van der Waals surface area contributed by atoms with Gasteiger partial charge in [0, 0.05) is 6.54 Å². The van der Waals surface area contributed by atoms with Crippen molar-refractivity contribution in [3.05, 3.63) is 0 Å². The zero-order valence-corrected chi connectivity index (χ0v) is 10.8. The first-order chi connectivity index (χ1) is 7.41. The molecule has 0 spiro atoms. The molecule has 6 nitrogen and oxygen atoms in total. The van der Waals surface area contributed by atoms with Gasteiger partial charge in [-0.1, -0.05) is 6.92 Å². The summed E-state index contributed by atoms with van der Waals surface area (Å²) in [6.07, 6.45) is -0.119. The topological polar surface area (TPSA) is 84.5 Å². The zero-order chi connectivity index (χ0) is 12.6. The highest BCUT2D eigenvalue weighted by Crippen LogP contribution is 1.95. The summed E-state index contributed by atoms with van der Waals surface area (Å²) in [4.78, 5) is 10.8. The molecule has 16 heavy (non-hydrogen) atoms. The van der Waals surface area contributed by atoms with Gasteiger partial charge >= 0.3 is 5.97 Å². The molecule has 0 rings (SSSR count). The molecule has 1 unspecified atom stereocenters. The minimum Gasteiger partial charge on any atom is -0.469 e. The molecule has 0 bridgehead atoms. The van der Waals surface area contributed by atoms with Gasteiger partial charge in [-0.25, -0.2) is 13.1 Å². The summed E-state index contributed by atoms with van der Waals surface area (Å²) in [5.41, 5.74) is 0. The fraction of sp³-hybridized carbons (Fsp3) is 0.889. The van der Waals surface area contributed by atoms with Gasteiger partial charge in [0.15, 0.2) is 0 Å². The Morgan fingerprint density at radius 3 is 2.50 bits per heavy atom. The quantitative estimate of drug-likeness (QED) is 0.559. The lowest BCUT2D eigenvalue weighted by Gasteiger charge is -2.11. The Kier molecular flexibility index (Phi) is 7.27. The molecule has 0 radical (unpaired) electrons. The van der Waals surface area contributed by atoms with E-state index in [1.165, 1.54) is 7.11 Å². The second-order valence-electron chi connectivity index (χ2n) is 3.66. The Balaban J connectivity index is 3.92. The van der Waals surface area contributed by atoms with E-state index in [9.17, 15) is 13.2 Å². The molecule has 0 aliphatic rings. The first-order valence-corrected chi connectivity index (χ1v) is 6.75. The number of rotatable bonds is 8. The van der Waals surface area contributed by atoms with Gasteiger partial charge in [0.1, 0.15) is 0 Å². The smallest absolute Gasteiger partial charge is 0.306 e. The largest absolute Gasteiger partial charge is 0.469 e. The molecule has 96 valence electrons. The highest BCUT2D eigenvalue weighted by Gasteiger charge is 2.14. The van der Waals surface area contributed by atoms with Gasteiger partial charge in [-0.15, -0.1) is 0 Å². The molecule has 0 saturated carbocycles. The third-order valence-electron chi connectivity index (χ3n) is 2.01. The molecule has 0 aromatic carbocycles. The summed E-state index contributed by atoms with van der Waals surface area (Å²) in [5.74, 6) is -0.544. The van der Waals surface area contributed by atoms with Crippen molar-refractivity contribution in [2.45, 2.75) is 13.3 Å². The SMILES string of the molecule is CNCC(C)CNS(=O)(=O)CCC(=O)OC. The van der Waals surface area contributed by atoms with E-state index in [1.807, 2.05) is 14.0 Å². The van der Waals surface area contributed by atoms with Crippen molar-refractivity contribution in [1.29, 1.82) is 0 Å². The van der Waals surface area contributed by atoms with E-state index in [0.717, 1.165) is 6.54 Å². The molecule has 0 fully saturated rings. The first-order valence-electron chi connectivity index (χ1n) is 5.10. The van der Waals surface area contributed by atoms with Crippen molar-refractivity contribution in [3.63, 3.8) is 0 Å². The van der Waals surface area contributed by atoms with E-state index >= 15 is 0 Å². The van der Waals surface area contributed by atoms with Crippen LogP contribution in [0.2, 0.25) is 0 Å². The fourth-order valence-electron chi connectivity index (χ4n) is 1.08. The second kappa shape index (κ2) is 7.59. The molecule has 0 aromatic rings. The van der Waals surface area contributed by atoms with Crippen molar-refractivity contribution >= 4 is 16.0 Å². The molecule has 0 aliphatic heterocycles. The van der Waals surface area contributed by atoms with Crippen molar-refractivity contribution in [2.24, 2.45) is 5.92 Å². The highest BCUT2D eigenvalue weighted by atomic mass is 32.2. The van der Waals surface area contributed by atoms with Crippen LogP contribution < -0.4 is 10.0 Å². The van der Waals surface area contributed by atoms with Crippen LogP contribution in [0.4, 0.5) is 0 Å². The van der Waals surface area contributed by atoms with Gasteiger partial charge in [0.2, 0.25) is 10.0 Å². The molecule has 7 heteroatoms. The summed E-state index contributed by atoms with van der Waals surface area (Å²) in [6, 6.07) is 0. The number of sulfonamides is 1. The molecule has 0 amide bonds. The van der Waals surface area contributed by atoms with Gasteiger partial charge < -0.3 is 10.1 Å². The zero-order valence-electron chi connectivity index (χ0n) is 9.95.